The SMILES string of the molecule is CCOC(=O)CNC(=O)c1c(O)c(-c2ncc(C)s2)cc2nccnc12. The molecule has 0 aliphatic heterocycles. The molecular formula is C17H16N4O4S. The number of nitrogens with one attached hydrogen (secondary N) is 1. The number of aromatic nitrogens is 3. The molecule has 2 heterocycles. The Balaban J connectivity index is 2.06. The largest absolute Gasteiger partial charge is 0.506 e. The molecule has 2 aromatic heterocycles. The Labute approximate surface area is 152 Å². The van der Waals surface area contributed by atoms with E-state index in [9.17, 15) is 14.7 Å². The summed E-state index contributed by atoms with van der Waals surface area (Å²) in [6.07, 6.45) is 4.61. The molecule has 0 aliphatic rings. The lowest BCUT2D eigenvalue weighted by atomic mass is 10.1. The minimum absolute atomic E-state index is 0.0530. The quantitative estimate of drug-likeness (QED) is 0.659. The number of phenolic OH excluding ortho intramolecular Hbond substituents is 1. The normalized spacial score (nSPS) is 10.7. The average Bonchev–Trinajstić information content (AvgIpc) is 3.05. The van der Waals surface area contributed by atoms with Gasteiger partial charge in [0.05, 0.1) is 17.7 Å². The molecule has 0 aliphatic carbocycles. The lowest BCUT2D eigenvalue weighted by molar-refractivity contribution is -0.141. The number of phenols is 1. The van der Waals surface area contributed by atoms with Crippen molar-refractivity contribution >= 4 is 34.2 Å². The molecule has 0 saturated carbocycles. The zero-order valence-corrected chi connectivity index (χ0v) is 15.0. The first-order valence-corrected chi connectivity index (χ1v) is 8.66. The number of aromatic hydroxyl groups is 1. The number of carbonyl (C=O) groups is 2. The topological polar surface area (TPSA) is 114 Å². The molecule has 0 saturated heterocycles. The second-order valence-corrected chi connectivity index (χ2v) is 6.57. The summed E-state index contributed by atoms with van der Waals surface area (Å²) in [6, 6.07) is 1.64. The second-order valence-electron chi connectivity index (χ2n) is 5.34. The maximum Gasteiger partial charge on any atom is 0.325 e. The van der Waals surface area contributed by atoms with Crippen LogP contribution in [-0.4, -0.2) is 45.1 Å². The summed E-state index contributed by atoms with van der Waals surface area (Å²) in [6.45, 7) is 3.47. The number of amides is 1. The highest BCUT2D eigenvalue weighted by Gasteiger charge is 2.23. The highest BCUT2D eigenvalue weighted by atomic mass is 32.1. The molecule has 2 N–H and O–H groups in total. The number of nitrogens with zero attached hydrogens (tertiary/aromatic N) is 3. The van der Waals surface area contributed by atoms with E-state index in [-0.39, 0.29) is 30.0 Å². The van der Waals surface area contributed by atoms with Gasteiger partial charge in [-0.25, -0.2) is 4.98 Å². The fourth-order valence-corrected chi connectivity index (χ4v) is 3.19. The van der Waals surface area contributed by atoms with Crippen LogP contribution in [0.2, 0.25) is 0 Å². The summed E-state index contributed by atoms with van der Waals surface area (Å²) in [7, 11) is 0. The van der Waals surface area contributed by atoms with Gasteiger partial charge in [0.25, 0.3) is 5.91 Å². The standard InChI is InChI=1S/C17H16N4O4S/c1-3-25-12(22)8-20-16(24)13-14-11(18-4-5-19-14)6-10(15(13)23)17-21-7-9(2)26-17/h4-7,23H,3,8H2,1-2H3,(H,20,24). The number of rotatable bonds is 5. The monoisotopic (exact) mass is 372 g/mol. The number of esters is 1. The van der Waals surface area contributed by atoms with Crippen molar-refractivity contribution in [3.05, 3.63) is 35.1 Å². The number of hydrogen-bond acceptors (Lipinski definition) is 8. The zero-order chi connectivity index (χ0) is 18.7. The summed E-state index contributed by atoms with van der Waals surface area (Å²) in [5.41, 5.74) is 1.01. The second kappa shape index (κ2) is 7.44. The van der Waals surface area contributed by atoms with E-state index in [1.165, 1.54) is 23.7 Å². The van der Waals surface area contributed by atoms with E-state index in [0.717, 1.165) is 4.88 Å². The van der Waals surface area contributed by atoms with Crippen LogP contribution in [0.3, 0.4) is 0 Å². The number of hydrogen-bond donors (Lipinski definition) is 2. The summed E-state index contributed by atoms with van der Waals surface area (Å²) in [5.74, 6) is -1.47. The minimum atomic E-state index is -0.642. The molecule has 1 amide bonds. The van der Waals surface area contributed by atoms with Gasteiger partial charge in [-0.2, -0.15) is 0 Å². The van der Waals surface area contributed by atoms with Gasteiger partial charge >= 0.3 is 5.97 Å². The number of benzene rings is 1. The molecule has 3 aromatic rings. The highest BCUT2D eigenvalue weighted by Crippen LogP contribution is 2.38. The van der Waals surface area contributed by atoms with Crippen LogP contribution in [0.1, 0.15) is 22.2 Å². The van der Waals surface area contributed by atoms with Gasteiger partial charge < -0.3 is 15.2 Å². The molecule has 0 atom stereocenters. The molecule has 0 bridgehead atoms. The molecule has 8 nitrogen and oxygen atoms in total. The molecular weight excluding hydrogens is 356 g/mol. The van der Waals surface area contributed by atoms with E-state index in [1.54, 1.807) is 19.2 Å². The van der Waals surface area contributed by atoms with Crippen molar-refractivity contribution in [1.82, 2.24) is 20.3 Å². The number of fused-ring (bicyclic) bond motifs is 1. The van der Waals surface area contributed by atoms with Crippen molar-refractivity contribution in [3.8, 4) is 16.3 Å². The molecule has 0 fully saturated rings. The van der Waals surface area contributed by atoms with Crippen molar-refractivity contribution in [2.45, 2.75) is 13.8 Å². The van der Waals surface area contributed by atoms with E-state index in [0.29, 0.717) is 16.1 Å². The van der Waals surface area contributed by atoms with Crippen LogP contribution in [0.15, 0.2) is 24.7 Å². The van der Waals surface area contributed by atoms with Gasteiger partial charge in [0, 0.05) is 23.5 Å². The van der Waals surface area contributed by atoms with Crippen molar-refractivity contribution in [2.75, 3.05) is 13.2 Å². The Morgan fingerprint density at radius 1 is 1.27 bits per heavy atom. The number of ether oxygens (including phenoxy) is 1. The van der Waals surface area contributed by atoms with Gasteiger partial charge in [0.15, 0.2) is 0 Å². The van der Waals surface area contributed by atoms with Crippen molar-refractivity contribution in [1.29, 1.82) is 0 Å². The maximum absolute atomic E-state index is 12.6. The van der Waals surface area contributed by atoms with E-state index < -0.39 is 11.9 Å². The predicted octanol–water partition coefficient (Wildman–Crippen LogP) is 2.06. The summed E-state index contributed by atoms with van der Waals surface area (Å²) >= 11 is 1.38. The van der Waals surface area contributed by atoms with Crippen LogP contribution in [0.5, 0.6) is 5.75 Å². The van der Waals surface area contributed by atoms with E-state index >= 15 is 0 Å². The maximum atomic E-state index is 12.6. The Hall–Kier alpha value is -3.07. The van der Waals surface area contributed by atoms with Crippen molar-refractivity contribution in [2.24, 2.45) is 0 Å². The molecule has 26 heavy (non-hydrogen) atoms. The highest BCUT2D eigenvalue weighted by molar-refractivity contribution is 7.15. The molecule has 0 radical (unpaired) electrons. The third-order valence-electron chi connectivity index (χ3n) is 3.51. The molecule has 0 unspecified atom stereocenters. The van der Waals surface area contributed by atoms with Crippen molar-refractivity contribution in [3.63, 3.8) is 0 Å². The zero-order valence-electron chi connectivity index (χ0n) is 14.1. The first-order chi connectivity index (χ1) is 12.5. The van der Waals surface area contributed by atoms with Gasteiger partial charge in [0.1, 0.15) is 28.4 Å². The Morgan fingerprint density at radius 3 is 2.73 bits per heavy atom. The third-order valence-corrected chi connectivity index (χ3v) is 4.46. The number of thiazole rings is 1. The van der Waals surface area contributed by atoms with Crippen LogP contribution in [0, 0.1) is 6.92 Å². The smallest absolute Gasteiger partial charge is 0.325 e. The van der Waals surface area contributed by atoms with Crippen LogP contribution in [0.4, 0.5) is 0 Å². The van der Waals surface area contributed by atoms with Gasteiger partial charge in [-0.05, 0) is 19.9 Å². The summed E-state index contributed by atoms with van der Waals surface area (Å²) < 4.78 is 4.79. The van der Waals surface area contributed by atoms with Gasteiger partial charge in [-0.15, -0.1) is 11.3 Å². The predicted molar refractivity (Wildman–Crippen MR) is 96.0 cm³/mol. The van der Waals surface area contributed by atoms with E-state index in [2.05, 4.69) is 20.3 Å². The van der Waals surface area contributed by atoms with Crippen molar-refractivity contribution < 1.29 is 19.4 Å². The average molecular weight is 372 g/mol. The van der Waals surface area contributed by atoms with Crippen LogP contribution >= 0.6 is 11.3 Å². The Morgan fingerprint density at radius 2 is 2.04 bits per heavy atom. The van der Waals surface area contributed by atoms with E-state index in [4.69, 9.17) is 4.74 Å². The van der Waals surface area contributed by atoms with Crippen LogP contribution in [0.25, 0.3) is 21.6 Å². The van der Waals surface area contributed by atoms with Gasteiger partial charge in [0.2, 0.25) is 0 Å². The van der Waals surface area contributed by atoms with E-state index in [1.807, 2.05) is 6.92 Å². The number of carbonyl (C=O) groups excluding carboxylic acids is 2. The molecule has 1 aromatic carbocycles. The van der Waals surface area contributed by atoms with Gasteiger partial charge in [-0.3, -0.25) is 19.6 Å². The van der Waals surface area contributed by atoms with Gasteiger partial charge in [-0.1, -0.05) is 0 Å². The number of aryl methyl sites for hydroxylation is 1. The minimum Gasteiger partial charge on any atom is -0.506 e. The Bertz CT molecular complexity index is 986. The molecule has 134 valence electrons. The molecule has 9 heteroatoms. The lowest BCUT2D eigenvalue weighted by Crippen LogP contribution is -2.31. The fraction of sp³-hybridized carbons (Fsp3) is 0.235. The Kier molecular flexibility index (Phi) is 5.08. The summed E-state index contributed by atoms with van der Waals surface area (Å²) in [4.78, 5) is 37.7. The summed E-state index contributed by atoms with van der Waals surface area (Å²) in [5, 5.41) is 13.7. The fourth-order valence-electron chi connectivity index (χ4n) is 2.41. The third kappa shape index (κ3) is 3.47. The van der Waals surface area contributed by atoms with Crippen LogP contribution in [-0.2, 0) is 9.53 Å². The molecule has 3 rings (SSSR count). The molecule has 0 spiro atoms. The van der Waals surface area contributed by atoms with Crippen LogP contribution < -0.4 is 5.32 Å². The first kappa shape index (κ1) is 17.7. The lowest BCUT2D eigenvalue weighted by Gasteiger charge is -2.11. The first-order valence-electron chi connectivity index (χ1n) is 7.84.